The minimum atomic E-state index is -2.94. The summed E-state index contributed by atoms with van der Waals surface area (Å²) < 4.78 is 21.7. The van der Waals surface area contributed by atoms with Crippen LogP contribution < -0.4 is 10.6 Å². The number of sulfone groups is 1. The Morgan fingerprint density at radius 1 is 1.22 bits per heavy atom. The summed E-state index contributed by atoms with van der Waals surface area (Å²) in [6, 6.07) is 9.41. The maximum Gasteiger partial charge on any atom is 0.239 e. The summed E-state index contributed by atoms with van der Waals surface area (Å²) in [5.41, 5.74) is 0.879. The zero-order chi connectivity index (χ0) is 13.4. The van der Waals surface area contributed by atoms with Crippen molar-refractivity contribution in [2.75, 3.05) is 30.4 Å². The Hall–Kier alpha value is -1.56. The van der Waals surface area contributed by atoms with Crippen LogP contribution in [0.1, 0.15) is 6.42 Å². The molecule has 2 N–H and O–H groups in total. The summed E-state index contributed by atoms with van der Waals surface area (Å²) in [6.45, 7) is 0.561. The van der Waals surface area contributed by atoms with Crippen molar-refractivity contribution in [1.82, 2.24) is 5.32 Å². The van der Waals surface area contributed by atoms with Crippen molar-refractivity contribution in [2.24, 2.45) is 0 Å². The van der Waals surface area contributed by atoms with Crippen molar-refractivity contribution in [1.29, 1.82) is 0 Å². The lowest BCUT2D eigenvalue weighted by Gasteiger charge is -2.07. The van der Waals surface area contributed by atoms with E-state index in [2.05, 4.69) is 10.6 Å². The van der Waals surface area contributed by atoms with Gasteiger partial charge in [-0.3, -0.25) is 4.79 Å². The minimum Gasteiger partial charge on any atom is -0.376 e. The van der Waals surface area contributed by atoms with Crippen LogP contribution in [-0.4, -0.2) is 39.4 Å². The Kier molecular flexibility index (Phi) is 5.64. The SMILES string of the molecule is CS(=O)(=O)CCCNC(=O)CNc1ccccc1. The summed E-state index contributed by atoms with van der Waals surface area (Å²) in [5, 5.41) is 5.63. The van der Waals surface area contributed by atoms with E-state index in [1.165, 1.54) is 6.26 Å². The molecule has 0 heterocycles. The van der Waals surface area contributed by atoms with E-state index >= 15 is 0 Å². The first-order chi connectivity index (χ1) is 8.47. The van der Waals surface area contributed by atoms with Crippen LogP contribution in [-0.2, 0) is 14.6 Å². The third kappa shape index (κ3) is 6.90. The summed E-state index contributed by atoms with van der Waals surface area (Å²) in [5.74, 6) is -0.0493. The standard InChI is InChI=1S/C12H18N2O3S/c1-18(16,17)9-5-8-13-12(15)10-14-11-6-3-2-4-7-11/h2-4,6-7,14H,5,8-10H2,1H3,(H,13,15). The molecule has 5 nitrogen and oxygen atoms in total. The smallest absolute Gasteiger partial charge is 0.239 e. The maximum atomic E-state index is 11.4. The van der Waals surface area contributed by atoms with Gasteiger partial charge in [-0.15, -0.1) is 0 Å². The van der Waals surface area contributed by atoms with Gasteiger partial charge < -0.3 is 10.6 Å². The molecule has 1 aromatic rings. The van der Waals surface area contributed by atoms with Crippen molar-refractivity contribution in [3.63, 3.8) is 0 Å². The van der Waals surface area contributed by atoms with Crippen LogP contribution in [0.2, 0.25) is 0 Å². The second-order valence-electron chi connectivity index (χ2n) is 4.05. The van der Waals surface area contributed by atoms with E-state index in [9.17, 15) is 13.2 Å². The Balaban J connectivity index is 2.15. The van der Waals surface area contributed by atoms with Crippen LogP contribution in [0.3, 0.4) is 0 Å². The highest BCUT2D eigenvalue weighted by Gasteiger charge is 2.03. The topological polar surface area (TPSA) is 75.3 Å². The fraction of sp³-hybridized carbons (Fsp3) is 0.417. The number of nitrogens with one attached hydrogen (secondary N) is 2. The highest BCUT2D eigenvalue weighted by atomic mass is 32.2. The van der Waals surface area contributed by atoms with Crippen LogP contribution in [0.25, 0.3) is 0 Å². The number of rotatable bonds is 7. The van der Waals surface area contributed by atoms with Crippen LogP contribution in [0.5, 0.6) is 0 Å². The normalized spacial score (nSPS) is 10.9. The van der Waals surface area contributed by atoms with E-state index in [4.69, 9.17) is 0 Å². The molecule has 1 aromatic carbocycles. The highest BCUT2D eigenvalue weighted by Crippen LogP contribution is 2.03. The number of carbonyl (C=O) groups is 1. The van der Waals surface area contributed by atoms with Gasteiger partial charge in [0.2, 0.25) is 5.91 Å². The van der Waals surface area contributed by atoms with E-state index in [0.717, 1.165) is 5.69 Å². The predicted octanol–water partition coefficient (Wildman–Crippen LogP) is 0.649. The van der Waals surface area contributed by atoms with Gasteiger partial charge in [0.05, 0.1) is 12.3 Å². The first kappa shape index (κ1) is 14.5. The molecule has 0 saturated carbocycles. The quantitative estimate of drug-likeness (QED) is 0.713. The predicted molar refractivity (Wildman–Crippen MR) is 72.3 cm³/mol. The van der Waals surface area contributed by atoms with Gasteiger partial charge in [0.15, 0.2) is 0 Å². The molecule has 1 rings (SSSR count). The molecule has 0 atom stereocenters. The van der Waals surface area contributed by atoms with Crippen molar-refractivity contribution in [3.8, 4) is 0 Å². The third-order valence-corrected chi connectivity index (χ3v) is 3.27. The second-order valence-corrected chi connectivity index (χ2v) is 6.31. The Bertz CT molecular complexity index is 471. The molecule has 0 bridgehead atoms. The lowest BCUT2D eigenvalue weighted by molar-refractivity contribution is -0.119. The largest absolute Gasteiger partial charge is 0.376 e. The van der Waals surface area contributed by atoms with Gasteiger partial charge in [0.25, 0.3) is 0 Å². The van der Waals surface area contributed by atoms with Gasteiger partial charge in [-0.2, -0.15) is 0 Å². The summed E-state index contributed by atoms with van der Waals surface area (Å²) >= 11 is 0. The zero-order valence-corrected chi connectivity index (χ0v) is 11.2. The molecule has 0 aliphatic carbocycles. The average Bonchev–Trinajstić information content (AvgIpc) is 2.32. The lowest BCUT2D eigenvalue weighted by atomic mass is 10.3. The molecule has 0 fully saturated rings. The number of hydrogen-bond donors (Lipinski definition) is 2. The first-order valence-corrected chi connectivity index (χ1v) is 7.77. The average molecular weight is 270 g/mol. The van der Waals surface area contributed by atoms with Crippen molar-refractivity contribution in [2.45, 2.75) is 6.42 Å². The molecular formula is C12H18N2O3S. The third-order valence-electron chi connectivity index (χ3n) is 2.24. The van der Waals surface area contributed by atoms with Crippen molar-refractivity contribution < 1.29 is 13.2 Å². The molecule has 0 aromatic heterocycles. The summed E-state index contributed by atoms with van der Waals surface area (Å²) in [6.07, 6.45) is 1.63. The fourth-order valence-electron chi connectivity index (χ4n) is 1.36. The molecule has 100 valence electrons. The monoisotopic (exact) mass is 270 g/mol. The fourth-order valence-corrected chi connectivity index (χ4v) is 2.03. The molecule has 18 heavy (non-hydrogen) atoms. The van der Waals surface area contributed by atoms with E-state index in [1.807, 2.05) is 30.3 Å². The lowest BCUT2D eigenvalue weighted by Crippen LogP contribution is -2.31. The molecule has 6 heteroatoms. The number of carbonyl (C=O) groups excluding carboxylic acids is 1. The number of anilines is 1. The second kappa shape index (κ2) is 7.00. The van der Waals surface area contributed by atoms with Crippen molar-refractivity contribution >= 4 is 21.4 Å². The molecule has 0 radical (unpaired) electrons. The Morgan fingerprint density at radius 2 is 1.89 bits per heavy atom. The number of para-hydroxylation sites is 1. The van der Waals surface area contributed by atoms with Gasteiger partial charge >= 0.3 is 0 Å². The molecular weight excluding hydrogens is 252 g/mol. The maximum absolute atomic E-state index is 11.4. The molecule has 0 saturated heterocycles. The number of hydrogen-bond acceptors (Lipinski definition) is 4. The first-order valence-electron chi connectivity index (χ1n) is 5.71. The van der Waals surface area contributed by atoms with Crippen molar-refractivity contribution in [3.05, 3.63) is 30.3 Å². The van der Waals surface area contributed by atoms with Crippen LogP contribution in [0, 0.1) is 0 Å². The van der Waals surface area contributed by atoms with Gasteiger partial charge in [0.1, 0.15) is 9.84 Å². The van der Waals surface area contributed by atoms with Gasteiger partial charge in [-0.1, -0.05) is 18.2 Å². The van der Waals surface area contributed by atoms with Crippen LogP contribution in [0.15, 0.2) is 30.3 Å². The van der Waals surface area contributed by atoms with E-state index < -0.39 is 9.84 Å². The van der Waals surface area contributed by atoms with Gasteiger partial charge in [-0.25, -0.2) is 8.42 Å². The molecule has 1 amide bonds. The van der Waals surface area contributed by atoms with E-state index in [1.54, 1.807) is 0 Å². The zero-order valence-electron chi connectivity index (χ0n) is 10.3. The number of amides is 1. The van der Waals surface area contributed by atoms with Crippen LogP contribution in [0.4, 0.5) is 5.69 Å². The molecule has 0 aliphatic heterocycles. The van der Waals surface area contributed by atoms with Gasteiger partial charge in [0, 0.05) is 18.5 Å². The minimum absolute atomic E-state index is 0.0966. The molecule has 0 aliphatic rings. The van der Waals surface area contributed by atoms with E-state index in [-0.39, 0.29) is 18.2 Å². The van der Waals surface area contributed by atoms with Gasteiger partial charge in [-0.05, 0) is 18.6 Å². The summed E-state index contributed by atoms with van der Waals surface area (Å²) in [7, 11) is -2.94. The molecule has 0 spiro atoms. The Morgan fingerprint density at radius 3 is 2.50 bits per heavy atom. The number of benzene rings is 1. The Labute approximate surface area is 108 Å². The van der Waals surface area contributed by atoms with Crippen LogP contribution >= 0.6 is 0 Å². The van der Waals surface area contributed by atoms with E-state index in [0.29, 0.717) is 13.0 Å². The highest BCUT2D eigenvalue weighted by molar-refractivity contribution is 7.90. The molecule has 0 unspecified atom stereocenters. The summed E-state index contributed by atoms with van der Waals surface area (Å²) in [4.78, 5) is 11.4.